The Balaban J connectivity index is 2.06. The van der Waals surface area contributed by atoms with Crippen LogP contribution < -0.4 is 11.1 Å². The Morgan fingerprint density at radius 2 is 2.35 bits per heavy atom. The quantitative estimate of drug-likeness (QED) is 0.874. The first kappa shape index (κ1) is 15.4. The molecule has 1 aliphatic rings. The number of carbonyl (C=O) groups is 1. The summed E-state index contributed by atoms with van der Waals surface area (Å²) in [6.07, 6.45) is 2.11. The average Bonchev–Trinajstić information content (AvgIpc) is 2.85. The van der Waals surface area contributed by atoms with Gasteiger partial charge in [-0.25, -0.2) is 4.98 Å². The van der Waals surface area contributed by atoms with E-state index in [9.17, 15) is 4.79 Å². The van der Waals surface area contributed by atoms with E-state index in [0.29, 0.717) is 15.9 Å². The smallest absolute Gasteiger partial charge is 0.267 e. The Morgan fingerprint density at radius 1 is 1.55 bits per heavy atom. The minimum atomic E-state index is 0.0308. The fourth-order valence-electron chi connectivity index (χ4n) is 2.09. The van der Waals surface area contributed by atoms with Crippen LogP contribution in [0.4, 0.5) is 10.9 Å². The van der Waals surface area contributed by atoms with Gasteiger partial charge in [-0.2, -0.15) is 11.8 Å². The molecule has 0 aliphatic carbocycles. The molecule has 5 nitrogen and oxygen atoms in total. The van der Waals surface area contributed by atoms with Gasteiger partial charge in [0.15, 0.2) is 5.13 Å². The molecule has 0 bridgehead atoms. The van der Waals surface area contributed by atoms with Crippen LogP contribution in [0.15, 0.2) is 0 Å². The van der Waals surface area contributed by atoms with Crippen molar-refractivity contribution in [3.05, 3.63) is 4.88 Å². The number of carbonyl (C=O) groups excluding carboxylic acids is 1. The normalized spacial score (nSPS) is 19.1. The van der Waals surface area contributed by atoms with Crippen molar-refractivity contribution in [1.29, 1.82) is 0 Å². The van der Waals surface area contributed by atoms with Crippen LogP contribution in [0.3, 0.4) is 0 Å². The molecule has 2 heterocycles. The van der Waals surface area contributed by atoms with Crippen LogP contribution in [-0.2, 0) is 0 Å². The molecule has 0 aromatic carbocycles. The molecular formula is C13H22N4OS2. The third kappa shape index (κ3) is 3.58. The van der Waals surface area contributed by atoms with Crippen molar-refractivity contribution in [3.8, 4) is 0 Å². The summed E-state index contributed by atoms with van der Waals surface area (Å²) in [5.74, 6) is 1.39. The number of nitrogen functional groups attached to an aromatic ring is 1. The summed E-state index contributed by atoms with van der Waals surface area (Å²) in [6, 6.07) is 0. The van der Waals surface area contributed by atoms with Gasteiger partial charge in [-0.05, 0) is 12.8 Å². The fourth-order valence-corrected chi connectivity index (χ4v) is 4.15. The number of anilines is 2. The van der Waals surface area contributed by atoms with Crippen LogP contribution in [0, 0.1) is 0 Å². The average molecular weight is 314 g/mol. The standard InChI is InChI=1S/C13H22N4OS2/c1-3-5-15-13-16-11(14)10(20-13)12(18)17-6-7-19-9(4-2)8-17/h9H,3-8,14H2,1-2H3,(H,15,16). The Morgan fingerprint density at radius 3 is 3.05 bits per heavy atom. The van der Waals surface area contributed by atoms with Gasteiger partial charge in [-0.3, -0.25) is 4.79 Å². The van der Waals surface area contributed by atoms with Crippen molar-refractivity contribution < 1.29 is 4.79 Å². The van der Waals surface area contributed by atoms with Gasteiger partial charge in [0.05, 0.1) is 0 Å². The largest absolute Gasteiger partial charge is 0.382 e. The van der Waals surface area contributed by atoms with E-state index in [1.165, 1.54) is 11.3 Å². The van der Waals surface area contributed by atoms with Crippen molar-refractivity contribution in [2.24, 2.45) is 0 Å². The molecule has 0 spiro atoms. The second kappa shape index (κ2) is 7.17. The number of aromatic nitrogens is 1. The lowest BCUT2D eigenvalue weighted by Gasteiger charge is -2.31. The summed E-state index contributed by atoms with van der Waals surface area (Å²) in [6.45, 7) is 6.72. The monoisotopic (exact) mass is 314 g/mol. The van der Waals surface area contributed by atoms with Gasteiger partial charge >= 0.3 is 0 Å². The first-order chi connectivity index (χ1) is 9.65. The highest BCUT2D eigenvalue weighted by Gasteiger charge is 2.27. The molecule has 1 amide bonds. The first-order valence-corrected chi connectivity index (χ1v) is 8.93. The molecule has 0 saturated carbocycles. The molecule has 112 valence electrons. The van der Waals surface area contributed by atoms with Gasteiger partial charge in [0.1, 0.15) is 10.7 Å². The molecule has 1 aromatic rings. The lowest BCUT2D eigenvalue weighted by atomic mass is 10.3. The van der Waals surface area contributed by atoms with Crippen LogP contribution in [0.2, 0.25) is 0 Å². The number of amides is 1. The minimum Gasteiger partial charge on any atom is -0.382 e. The molecule has 1 saturated heterocycles. The Hall–Kier alpha value is -0.950. The summed E-state index contributed by atoms with van der Waals surface area (Å²) >= 11 is 3.32. The predicted octanol–water partition coefficient (Wildman–Crippen LogP) is 2.51. The highest BCUT2D eigenvalue weighted by molar-refractivity contribution is 8.00. The Labute approximate surface area is 128 Å². The molecule has 0 radical (unpaired) electrons. The number of thiazole rings is 1. The summed E-state index contributed by atoms with van der Waals surface area (Å²) in [5.41, 5.74) is 5.89. The van der Waals surface area contributed by atoms with Crippen LogP contribution >= 0.6 is 23.1 Å². The van der Waals surface area contributed by atoms with E-state index in [-0.39, 0.29) is 5.91 Å². The van der Waals surface area contributed by atoms with E-state index < -0.39 is 0 Å². The molecule has 1 atom stereocenters. The topological polar surface area (TPSA) is 71.2 Å². The highest BCUT2D eigenvalue weighted by atomic mass is 32.2. The zero-order valence-electron chi connectivity index (χ0n) is 12.0. The van der Waals surface area contributed by atoms with Crippen molar-refractivity contribution in [2.75, 3.05) is 36.4 Å². The molecule has 1 aromatic heterocycles. The van der Waals surface area contributed by atoms with Gasteiger partial charge in [-0.1, -0.05) is 25.2 Å². The zero-order chi connectivity index (χ0) is 14.5. The first-order valence-electron chi connectivity index (χ1n) is 7.06. The predicted molar refractivity (Wildman–Crippen MR) is 87.7 cm³/mol. The number of nitrogens with two attached hydrogens (primary N) is 1. The Kier molecular flexibility index (Phi) is 5.54. The molecule has 1 unspecified atom stereocenters. The molecule has 7 heteroatoms. The van der Waals surface area contributed by atoms with E-state index in [0.717, 1.165) is 43.4 Å². The van der Waals surface area contributed by atoms with Gasteiger partial charge < -0.3 is 16.0 Å². The van der Waals surface area contributed by atoms with E-state index >= 15 is 0 Å². The zero-order valence-corrected chi connectivity index (χ0v) is 13.6. The van der Waals surface area contributed by atoms with Crippen molar-refractivity contribution >= 4 is 40.0 Å². The molecule has 20 heavy (non-hydrogen) atoms. The summed E-state index contributed by atoms with van der Waals surface area (Å²) in [4.78, 5) is 19.3. The van der Waals surface area contributed by atoms with Crippen molar-refractivity contribution in [2.45, 2.75) is 31.9 Å². The third-order valence-corrected chi connectivity index (χ3v) is 5.64. The number of hydrogen-bond acceptors (Lipinski definition) is 6. The number of rotatable bonds is 5. The number of thioether (sulfide) groups is 1. The summed E-state index contributed by atoms with van der Waals surface area (Å²) < 4.78 is 0. The second-order valence-corrected chi connectivity index (χ2v) is 7.22. The summed E-state index contributed by atoms with van der Waals surface area (Å²) in [7, 11) is 0. The molecule has 3 N–H and O–H groups in total. The van der Waals surface area contributed by atoms with Crippen LogP contribution in [-0.4, -0.2) is 46.4 Å². The van der Waals surface area contributed by atoms with Crippen LogP contribution in [0.5, 0.6) is 0 Å². The van der Waals surface area contributed by atoms with Gasteiger partial charge in [0.25, 0.3) is 5.91 Å². The van der Waals surface area contributed by atoms with E-state index in [1.54, 1.807) is 0 Å². The maximum absolute atomic E-state index is 12.5. The highest BCUT2D eigenvalue weighted by Crippen LogP contribution is 2.29. The van der Waals surface area contributed by atoms with E-state index in [4.69, 9.17) is 5.73 Å². The summed E-state index contributed by atoms with van der Waals surface area (Å²) in [5, 5.41) is 4.47. The van der Waals surface area contributed by atoms with Gasteiger partial charge in [0, 0.05) is 30.6 Å². The van der Waals surface area contributed by atoms with Crippen molar-refractivity contribution in [3.63, 3.8) is 0 Å². The molecule has 1 fully saturated rings. The Bertz CT molecular complexity index is 463. The third-order valence-electron chi connectivity index (χ3n) is 3.26. The van der Waals surface area contributed by atoms with Crippen LogP contribution in [0.25, 0.3) is 0 Å². The molecular weight excluding hydrogens is 292 g/mol. The lowest BCUT2D eigenvalue weighted by molar-refractivity contribution is 0.0766. The maximum atomic E-state index is 12.5. The van der Waals surface area contributed by atoms with E-state index in [1.807, 2.05) is 16.7 Å². The van der Waals surface area contributed by atoms with E-state index in [2.05, 4.69) is 24.1 Å². The number of nitrogens with zero attached hydrogens (tertiary/aromatic N) is 2. The SMILES string of the molecule is CCCNc1nc(N)c(C(=O)N2CCSC(CC)C2)s1. The number of hydrogen-bond donors (Lipinski definition) is 2. The lowest BCUT2D eigenvalue weighted by Crippen LogP contribution is -2.41. The molecule has 1 aliphatic heterocycles. The minimum absolute atomic E-state index is 0.0308. The molecule has 2 rings (SSSR count). The second-order valence-electron chi connectivity index (χ2n) is 4.81. The van der Waals surface area contributed by atoms with Gasteiger partial charge in [-0.15, -0.1) is 0 Å². The fraction of sp³-hybridized carbons (Fsp3) is 0.692. The number of nitrogens with one attached hydrogen (secondary N) is 1. The van der Waals surface area contributed by atoms with Crippen LogP contribution in [0.1, 0.15) is 36.4 Å². The van der Waals surface area contributed by atoms with Gasteiger partial charge in [0.2, 0.25) is 0 Å². The van der Waals surface area contributed by atoms with Crippen molar-refractivity contribution in [1.82, 2.24) is 9.88 Å². The maximum Gasteiger partial charge on any atom is 0.267 e.